The van der Waals surface area contributed by atoms with Crippen LogP contribution >= 0.6 is 0 Å². The van der Waals surface area contributed by atoms with Gasteiger partial charge in [-0.1, -0.05) is 12.2 Å². The molecule has 2 aromatic rings. The Labute approximate surface area is 187 Å². The third kappa shape index (κ3) is 3.42. The molecule has 9 nitrogen and oxygen atoms in total. The molecule has 0 unspecified atom stereocenters. The molecule has 1 heterocycles. The smallest absolute Gasteiger partial charge is 0.338 e. The number of imide groups is 1. The summed E-state index contributed by atoms with van der Waals surface area (Å²) in [5, 5.41) is 10.7. The number of rotatable bonds is 6. The number of nitro groups is 1. The number of nitrogens with zero attached hydrogens (tertiary/aromatic N) is 2. The van der Waals surface area contributed by atoms with Crippen LogP contribution in [0, 0.1) is 33.8 Å². The molecule has 1 saturated heterocycles. The number of non-ortho nitro benzene ring substituents is 1. The Bertz CT molecular complexity index is 1190. The van der Waals surface area contributed by atoms with E-state index in [1.54, 1.807) is 0 Å². The van der Waals surface area contributed by atoms with Gasteiger partial charge in [-0.25, -0.2) is 4.79 Å². The van der Waals surface area contributed by atoms with Crippen molar-refractivity contribution in [1.29, 1.82) is 0 Å². The molecule has 2 aromatic carbocycles. The van der Waals surface area contributed by atoms with Crippen LogP contribution in [-0.2, 0) is 14.3 Å². The minimum atomic E-state index is -0.741. The summed E-state index contributed by atoms with van der Waals surface area (Å²) in [7, 11) is 0. The van der Waals surface area contributed by atoms with Crippen LogP contribution in [-0.4, -0.2) is 35.1 Å². The monoisotopic (exact) mass is 446 g/mol. The number of carbonyl (C=O) groups excluding carboxylic acids is 4. The summed E-state index contributed by atoms with van der Waals surface area (Å²) < 4.78 is 5.05. The van der Waals surface area contributed by atoms with Gasteiger partial charge in [0.2, 0.25) is 11.8 Å². The number of allylic oxidation sites excluding steroid dienone is 2. The average Bonchev–Trinajstić information content (AvgIpc) is 3.51. The van der Waals surface area contributed by atoms with Crippen molar-refractivity contribution in [2.45, 2.75) is 6.42 Å². The van der Waals surface area contributed by atoms with Gasteiger partial charge in [0.05, 0.1) is 28.0 Å². The normalized spacial score (nSPS) is 24.8. The van der Waals surface area contributed by atoms with E-state index in [0.29, 0.717) is 5.69 Å². The maximum atomic E-state index is 12.9. The van der Waals surface area contributed by atoms with E-state index in [4.69, 9.17) is 4.74 Å². The lowest BCUT2D eigenvalue weighted by Gasteiger charge is -2.17. The number of hydrogen-bond donors (Lipinski definition) is 0. The molecule has 0 aromatic heterocycles. The molecule has 33 heavy (non-hydrogen) atoms. The maximum Gasteiger partial charge on any atom is 0.338 e. The number of anilines is 1. The zero-order valence-corrected chi connectivity index (χ0v) is 17.2. The van der Waals surface area contributed by atoms with Crippen LogP contribution in [0.25, 0.3) is 0 Å². The number of nitro benzene ring substituents is 1. The fraction of sp³-hybridized carbons (Fsp3) is 0.250. The van der Waals surface area contributed by atoms with Crippen LogP contribution in [0.15, 0.2) is 60.7 Å². The first-order chi connectivity index (χ1) is 15.8. The summed E-state index contributed by atoms with van der Waals surface area (Å²) in [5.74, 6) is -2.03. The van der Waals surface area contributed by atoms with E-state index in [1.165, 1.54) is 53.4 Å². The molecular formula is C24H18N2O7. The first-order valence-electron chi connectivity index (χ1n) is 10.5. The average molecular weight is 446 g/mol. The van der Waals surface area contributed by atoms with Crippen LogP contribution in [0.5, 0.6) is 0 Å². The number of esters is 1. The number of carbonyl (C=O) groups is 4. The SMILES string of the molecule is O=C(COC(=O)c1ccc(N2C(=O)[C@@H]3[C@@H](C2=O)[C@H]2C=C[C@@H]3C2)cc1)c1ccc([N+](=O)[O-])cc1. The van der Waals surface area contributed by atoms with E-state index in [9.17, 15) is 29.3 Å². The Kier molecular flexibility index (Phi) is 4.88. The van der Waals surface area contributed by atoms with Crippen LogP contribution < -0.4 is 4.90 Å². The first-order valence-corrected chi connectivity index (χ1v) is 10.5. The van der Waals surface area contributed by atoms with Gasteiger partial charge >= 0.3 is 5.97 Å². The zero-order chi connectivity index (χ0) is 23.3. The van der Waals surface area contributed by atoms with Gasteiger partial charge in [-0.3, -0.25) is 29.4 Å². The highest BCUT2D eigenvalue weighted by atomic mass is 16.6. The third-order valence-electron chi connectivity index (χ3n) is 6.57. The number of amides is 2. The molecule has 9 heteroatoms. The Morgan fingerprint density at radius 3 is 2.00 bits per heavy atom. The van der Waals surface area contributed by atoms with E-state index in [0.717, 1.165) is 6.42 Å². The van der Waals surface area contributed by atoms with Crippen molar-refractivity contribution < 1.29 is 28.8 Å². The molecule has 5 rings (SSSR count). The lowest BCUT2D eigenvalue weighted by Crippen LogP contribution is -2.32. The second-order valence-electron chi connectivity index (χ2n) is 8.36. The number of Topliss-reactive ketones (excluding diaryl/α,β-unsaturated/α-hetero) is 1. The second kappa shape index (κ2) is 7.77. The molecule has 2 fully saturated rings. The van der Waals surface area contributed by atoms with Crippen molar-refractivity contribution in [3.63, 3.8) is 0 Å². The molecule has 166 valence electrons. The Morgan fingerprint density at radius 1 is 0.909 bits per heavy atom. The highest BCUT2D eigenvalue weighted by Crippen LogP contribution is 2.53. The Balaban J connectivity index is 1.22. The van der Waals surface area contributed by atoms with Crippen LogP contribution in [0.2, 0.25) is 0 Å². The highest BCUT2D eigenvalue weighted by Gasteiger charge is 2.59. The van der Waals surface area contributed by atoms with Crippen LogP contribution in [0.3, 0.4) is 0 Å². The molecule has 2 aliphatic carbocycles. The topological polar surface area (TPSA) is 124 Å². The lowest BCUT2D eigenvalue weighted by molar-refractivity contribution is -0.384. The quantitative estimate of drug-likeness (QED) is 0.167. The van der Waals surface area contributed by atoms with Gasteiger partial charge in [0.1, 0.15) is 0 Å². The Hall–Kier alpha value is -4.14. The van der Waals surface area contributed by atoms with E-state index in [1.807, 2.05) is 12.2 Å². The van der Waals surface area contributed by atoms with E-state index in [-0.39, 0.29) is 52.3 Å². The molecule has 3 aliphatic rings. The minimum Gasteiger partial charge on any atom is -0.454 e. The molecule has 0 N–H and O–H groups in total. The molecular weight excluding hydrogens is 428 g/mol. The molecule has 0 radical (unpaired) electrons. The second-order valence-corrected chi connectivity index (χ2v) is 8.36. The fourth-order valence-corrected chi connectivity index (χ4v) is 4.97. The fourth-order valence-electron chi connectivity index (χ4n) is 4.97. The highest BCUT2D eigenvalue weighted by molar-refractivity contribution is 6.22. The lowest BCUT2D eigenvalue weighted by atomic mass is 9.85. The van der Waals surface area contributed by atoms with Gasteiger partial charge in [-0.2, -0.15) is 0 Å². The molecule has 1 aliphatic heterocycles. The van der Waals surface area contributed by atoms with E-state index < -0.39 is 23.3 Å². The number of hydrogen-bond acceptors (Lipinski definition) is 7. The van der Waals surface area contributed by atoms with Gasteiger partial charge in [0.15, 0.2) is 12.4 Å². The van der Waals surface area contributed by atoms with Gasteiger partial charge in [-0.15, -0.1) is 0 Å². The number of benzene rings is 2. The largest absolute Gasteiger partial charge is 0.454 e. The van der Waals surface area contributed by atoms with Gasteiger partial charge in [0, 0.05) is 17.7 Å². The molecule has 2 amide bonds. The van der Waals surface area contributed by atoms with E-state index >= 15 is 0 Å². The maximum absolute atomic E-state index is 12.9. The van der Waals surface area contributed by atoms with Crippen molar-refractivity contribution in [2.75, 3.05) is 11.5 Å². The molecule has 4 atom stereocenters. The van der Waals surface area contributed by atoms with Gasteiger partial charge < -0.3 is 4.74 Å². The minimum absolute atomic E-state index is 0.115. The van der Waals surface area contributed by atoms with Gasteiger partial charge in [-0.05, 0) is 54.7 Å². The summed E-state index contributed by atoms with van der Waals surface area (Å²) in [6.45, 7) is -0.527. The molecule has 0 spiro atoms. The summed E-state index contributed by atoms with van der Waals surface area (Å²) in [6.07, 6.45) is 4.90. The zero-order valence-electron chi connectivity index (χ0n) is 17.2. The number of ether oxygens (including phenoxy) is 1. The van der Waals surface area contributed by atoms with Crippen molar-refractivity contribution in [3.05, 3.63) is 81.9 Å². The number of ketones is 1. The van der Waals surface area contributed by atoms with Crippen LogP contribution in [0.1, 0.15) is 27.1 Å². The first kappa shape index (κ1) is 20.7. The standard InChI is InChI=1S/C24H18N2O7/c27-19(13-3-9-18(10-4-13)26(31)32)12-33-24(30)14-5-7-17(8-6-14)25-22(28)20-15-1-2-16(11-15)21(20)23(25)29/h1-10,15-16,20-21H,11-12H2/t15-,16+,20-,21-/m0/s1. The van der Waals surface area contributed by atoms with Crippen molar-refractivity contribution in [1.82, 2.24) is 0 Å². The summed E-state index contributed by atoms with van der Waals surface area (Å²) in [5.41, 5.74) is 0.600. The summed E-state index contributed by atoms with van der Waals surface area (Å²) >= 11 is 0. The van der Waals surface area contributed by atoms with Crippen LogP contribution in [0.4, 0.5) is 11.4 Å². The van der Waals surface area contributed by atoms with Gasteiger partial charge in [0.25, 0.3) is 5.69 Å². The summed E-state index contributed by atoms with van der Waals surface area (Å²) in [4.78, 5) is 61.6. The van der Waals surface area contributed by atoms with Crippen molar-refractivity contribution >= 4 is 34.9 Å². The predicted molar refractivity (Wildman–Crippen MR) is 114 cm³/mol. The number of fused-ring (bicyclic) bond motifs is 5. The third-order valence-corrected chi connectivity index (χ3v) is 6.57. The summed E-state index contributed by atoms with van der Waals surface area (Å²) in [6, 6.07) is 10.9. The van der Waals surface area contributed by atoms with Crippen molar-refractivity contribution in [2.24, 2.45) is 23.7 Å². The van der Waals surface area contributed by atoms with E-state index in [2.05, 4.69) is 0 Å². The predicted octanol–water partition coefficient (Wildman–Crippen LogP) is 2.95. The Morgan fingerprint density at radius 2 is 1.45 bits per heavy atom. The molecule has 1 saturated carbocycles. The van der Waals surface area contributed by atoms with Crippen molar-refractivity contribution in [3.8, 4) is 0 Å². The molecule has 2 bridgehead atoms.